The molecule has 1 fully saturated rings. The number of aliphatic hydroxyl groups excluding tert-OH is 1. The van der Waals surface area contributed by atoms with E-state index in [4.69, 9.17) is 4.74 Å². The van der Waals surface area contributed by atoms with Gasteiger partial charge in [0.2, 0.25) is 0 Å². The number of ether oxygens (including phenoxy) is 1. The zero-order valence-electron chi connectivity index (χ0n) is 8.19. The van der Waals surface area contributed by atoms with E-state index in [0.29, 0.717) is 5.92 Å². The summed E-state index contributed by atoms with van der Waals surface area (Å²) >= 11 is 0. The van der Waals surface area contributed by atoms with Gasteiger partial charge in [0.25, 0.3) is 0 Å². The van der Waals surface area contributed by atoms with Crippen LogP contribution in [0, 0.1) is 5.92 Å². The van der Waals surface area contributed by atoms with E-state index in [2.05, 4.69) is 0 Å². The average Bonchev–Trinajstić information content (AvgIpc) is 2.23. The van der Waals surface area contributed by atoms with E-state index in [9.17, 15) is 9.90 Å². The molecule has 1 unspecified atom stereocenters. The Kier molecular flexibility index (Phi) is 2.99. The second kappa shape index (κ2) is 4.24. The lowest BCUT2D eigenvalue weighted by Crippen LogP contribution is -2.38. The van der Waals surface area contributed by atoms with Crippen molar-refractivity contribution < 1.29 is 14.6 Å². The second-order valence-corrected chi connectivity index (χ2v) is 4.11. The summed E-state index contributed by atoms with van der Waals surface area (Å²) in [5.41, 5.74) is 0. The minimum atomic E-state index is -0.889. The van der Waals surface area contributed by atoms with Gasteiger partial charge < -0.3 is 9.84 Å². The lowest BCUT2D eigenvalue weighted by Gasteiger charge is -2.31. The summed E-state index contributed by atoms with van der Waals surface area (Å²) in [6.45, 7) is 0. The van der Waals surface area contributed by atoms with Crippen LogP contribution in [0.15, 0.2) is 12.2 Å². The molecular weight excluding hydrogens is 180 g/mol. The number of rotatable bonds is 1. The molecule has 0 amide bonds. The van der Waals surface area contributed by atoms with Gasteiger partial charge in [-0.1, -0.05) is 19.3 Å². The van der Waals surface area contributed by atoms with Crippen molar-refractivity contribution in [3.63, 3.8) is 0 Å². The first-order valence-corrected chi connectivity index (χ1v) is 5.33. The summed E-state index contributed by atoms with van der Waals surface area (Å²) in [7, 11) is 0. The number of aliphatic hydroxyl groups is 1. The molecule has 78 valence electrons. The van der Waals surface area contributed by atoms with E-state index in [1.54, 1.807) is 0 Å². The van der Waals surface area contributed by atoms with Crippen molar-refractivity contribution in [2.75, 3.05) is 0 Å². The maximum atomic E-state index is 11.5. The normalized spacial score (nSPS) is 34.8. The first-order valence-electron chi connectivity index (χ1n) is 5.33. The van der Waals surface area contributed by atoms with Crippen LogP contribution in [0.1, 0.15) is 32.1 Å². The summed E-state index contributed by atoms with van der Waals surface area (Å²) in [4.78, 5) is 11.5. The Labute approximate surface area is 83.8 Å². The van der Waals surface area contributed by atoms with E-state index in [1.807, 2.05) is 0 Å². The van der Waals surface area contributed by atoms with Gasteiger partial charge in [0.05, 0.1) is 0 Å². The van der Waals surface area contributed by atoms with Crippen molar-refractivity contribution in [2.24, 2.45) is 5.92 Å². The zero-order valence-corrected chi connectivity index (χ0v) is 8.19. The monoisotopic (exact) mass is 196 g/mol. The topological polar surface area (TPSA) is 46.5 Å². The van der Waals surface area contributed by atoms with Crippen LogP contribution >= 0.6 is 0 Å². The van der Waals surface area contributed by atoms with Gasteiger partial charge in [0.1, 0.15) is 6.10 Å². The third-order valence-corrected chi connectivity index (χ3v) is 3.07. The molecular formula is C11H16O3. The smallest absolute Gasteiger partial charge is 0.184 e. The molecule has 1 N–H and O–H groups in total. The van der Waals surface area contributed by atoms with Crippen molar-refractivity contribution in [1.29, 1.82) is 0 Å². The van der Waals surface area contributed by atoms with Crippen LogP contribution in [0.25, 0.3) is 0 Å². The minimum Gasteiger partial charge on any atom is -0.365 e. The Hall–Kier alpha value is -0.670. The zero-order chi connectivity index (χ0) is 9.97. The molecule has 2 aliphatic rings. The lowest BCUT2D eigenvalue weighted by atomic mass is 9.83. The first-order chi connectivity index (χ1) is 6.77. The summed E-state index contributed by atoms with van der Waals surface area (Å²) in [5, 5.41) is 9.27. The number of hydrogen-bond acceptors (Lipinski definition) is 3. The maximum Gasteiger partial charge on any atom is 0.184 e. The Morgan fingerprint density at radius 3 is 2.71 bits per heavy atom. The van der Waals surface area contributed by atoms with Crippen molar-refractivity contribution >= 4 is 5.78 Å². The number of carbonyl (C=O) groups is 1. The van der Waals surface area contributed by atoms with Gasteiger partial charge in [0, 0.05) is 0 Å². The van der Waals surface area contributed by atoms with E-state index in [0.717, 1.165) is 12.8 Å². The molecule has 2 atom stereocenters. The van der Waals surface area contributed by atoms with E-state index >= 15 is 0 Å². The van der Waals surface area contributed by atoms with Gasteiger partial charge >= 0.3 is 0 Å². The molecule has 0 aromatic rings. The minimum absolute atomic E-state index is 0.0159. The molecule has 0 spiro atoms. The molecule has 1 heterocycles. The molecule has 0 aromatic carbocycles. The van der Waals surface area contributed by atoms with Crippen LogP contribution in [0.4, 0.5) is 0 Å². The van der Waals surface area contributed by atoms with Gasteiger partial charge in [-0.15, -0.1) is 0 Å². The number of hydrogen-bond donors (Lipinski definition) is 1. The van der Waals surface area contributed by atoms with Crippen LogP contribution in [-0.4, -0.2) is 23.3 Å². The van der Waals surface area contributed by atoms with Crippen LogP contribution < -0.4 is 0 Å². The van der Waals surface area contributed by atoms with Crippen molar-refractivity contribution in [3.05, 3.63) is 12.2 Å². The van der Waals surface area contributed by atoms with Crippen LogP contribution in [0.5, 0.6) is 0 Å². The molecule has 3 heteroatoms. The highest BCUT2D eigenvalue weighted by molar-refractivity contribution is 5.94. The Morgan fingerprint density at radius 2 is 2.00 bits per heavy atom. The van der Waals surface area contributed by atoms with Crippen LogP contribution in [0.3, 0.4) is 0 Å². The quantitative estimate of drug-likeness (QED) is 0.689. The predicted octanol–water partition coefficient (Wildman–Crippen LogP) is 1.41. The van der Waals surface area contributed by atoms with Crippen LogP contribution in [-0.2, 0) is 9.53 Å². The third kappa shape index (κ3) is 2.04. The number of carbonyl (C=O) groups excluding carboxylic acids is 1. The Morgan fingerprint density at radius 1 is 1.29 bits per heavy atom. The Bertz CT molecular complexity index is 241. The van der Waals surface area contributed by atoms with Gasteiger partial charge in [-0.05, 0) is 30.9 Å². The highest BCUT2D eigenvalue weighted by Crippen LogP contribution is 2.30. The predicted molar refractivity (Wildman–Crippen MR) is 51.6 cm³/mol. The lowest BCUT2D eigenvalue weighted by molar-refractivity contribution is -0.158. The summed E-state index contributed by atoms with van der Waals surface area (Å²) in [5.74, 6) is 0.332. The summed E-state index contributed by atoms with van der Waals surface area (Å²) in [6, 6.07) is 0. The molecule has 0 aromatic heterocycles. The van der Waals surface area contributed by atoms with E-state index < -0.39 is 12.4 Å². The second-order valence-electron chi connectivity index (χ2n) is 4.11. The fourth-order valence-electron chi connectivity index (χ4n) is 2.31. The molecule has 0 saturated heterocycles. The number of ketones is 1. The highest BCUT2D eigenvalue weighted by Gasteiger charge is 2.32. The standard InChI is InChI=1S/C11H16O3/c12-9-6-7-10(13)14-11(9)8-4-2-1-3-5-8/h6-8,10-11,13H,1-5H2/t10?,11-/m1/s1. The van der Waals surface area contributed by atoms with Crippen molar-refractivity contribution in [1.82, 2.24) is 0 Å². The van der Waals surface area contributed by atoms with Gasteiger partial charge in [-0.3, -0.25) is 4.79 Å². The largest absolute Gasteiger partial charge is 0.365 e. The first kappa shape index (κ1) is 9.87. The van der Waals surface area contributed by atoms with Gasteiger partial charge in [-0.25, -0.2) is 0 Å². The van der Waals surface area contributed by atoms with Gasteiger partial charge in [0.15, 0.2) is 12.1 Å². The molecule has 1 aliphatic heterocycles. The average molecular weight is 196 g/mol. The highest BCUT2D eigenvalue weighted by atomic mass is 16.6. The summed E-state index contributed by atoms with van der Waals surface area (Å²) in [6.07, 6.45) is 7.29. The maximum absolute atomic E-state index is 11.5. The van der Waals surface area contributed by atoms with E-state index in [1.165, 1.54) is 31.4 Å². The SMILES string of the molecule is O=C1C=CC(O)O[C@@H]1C1CCCCC1. The summed E-state index contributed by atoms with van der Waals surface area (Å²) < 4.78 is 5.26. The molecule has 2 rings (SSSR count). The fourth-order valence-corrected chi connectivity index (χ4v) is 2.31. The molecule has 14 heavy (non-hydrogen) atoms. The van der Waals surface area contributed by atoms with Gasteiger partial charge in [-0.2, -0.15) is 0 Å². The molecule has 0 bridgehead atoms. The van der Waals surface area contributed by atoms with E-state index in [-0.39, 0.29) is 5.78 Å². The molecule has 0 radical (unpaired) electrons. The van der Waals surface area contributed by atoms with Crippen LogP contribution in [0.2, 0.25) is 0 Å². The molecule has 1 saturated carbocycles. The van der Waals surface area contributed by atoms with Crippen molar-refractivity contribution in [3.8, 4) is 0 Å². The third-order valence-electron chi connectivity index (χ3n) is 3.07. The molecule has 1 aliphatic carbocycles. The molecule has 3 nitrogen and oxygen atoms in total. The van der Waals surface area contributed by atoms with Crippen molar-refractivity contribution in [2.45, 2.75) is 44.5 Å². The fraction of sp³-hybridized carbons (Fsp3) is 0.727. The Balaban J connectivity index is 2.01.